The van der Waals surface area contributed by atoms with Gasteiger partial charge in [0.15, 0.2) is 17.2 Å². The third kappa shape index (κ3) is 3.30. The summed E-state index contributed by atoms with van der Waals surface area (Å²) in [6, 6.07) is 11.7. The Morgan fingerprint density at radius 3 is 2.46 bits per heavy atom. The zero-order chi connectivity index (χ0) is 18.7. The fraction of sp³-hybridized carbons (Fsp3) is 0.100. The van der Waals surface area contributed by atoms with Crippen LogP contribution in [0.4, 0.5) is 0 Å². The Bertz CT molecular complexity index is 1010. The summed E-state index contributed by atoms with van der Waals surface area (Å²) in [5.41, 5.74) is 2.20. The number of rotatable bonds is 4. The molecule has 3 aromatic rings. The monoisotopic (exact) mass is 351 g/mol. The Morgan fingerprint density at radius 2 is 1.77 bits per heavy atom. The minimum atomic E-state index is -0.494. The van der Waals surface area contributed by atoms with E-state index in [-0.39, 0.29) is 11.5 Å². The van der Waals surface area contributed by atoms with Crippen LogP contribution in [0.25, 0.3) is 23.1 Å². The molecule has 0 saturated heterocycles. The lowest BCUT2D eigenvalue weighted by atomic mass is 10.1. The van der Waals surface area contributed by atoms with Crippen molar-refractivity contribution < 1.29 is 24.5 Å². The summed E-state index contributed by atoms with van der Waals surface area (Å²) in [4.78, 5) is 16.5. The van der Waals surface area contributed by atoms with Crippen LogP contribution in [0.2, 0.25) is 0 Å². The van der Waals surface area contributed by atoms with Crippen LogP contribution in [-0.4, -0.2) is 35.4 Å². The number of aromatic nitrogens is 1. The number of hydrogen-bond acceptors (Lipinski definition) is 6. The fourth-order valence-corrected chi connectivity index (χ4v) is 2.57. The van der Waals surface area contributed by atoms with Gasteiger partial charge >= 0.3 is 5.97 Å². The Morgan fingerprint density at radius 1 is 1.00 bits per heavy atom. The quantitative estimate of drug-likeness (QED) is 0.551. The van der Waals surface area contributed by atoms with Crippen LogP contribution in [0.3, 0.4) is 0 Å². The molecule has 2 aromatic carbocycles. The molecule has 1 heterocycles. The van der Waals surface area contributed by atoms with Crippen molar-refractivity contribution in [3.63, 3.8) is 0 Å². The van der Waals surface area contributed by atoms with Crippen LogP contribution < -0.4 is 4.74 Å². The highest BCUT2D eigenvalue weighted by Gasteiger charge is 2.16. The van der Waals surface area contributed by atoms with Gasteiger partial charge in [-0.25, -0.2) is 9.78 Å². The van der Waals surface area contributed by atoms with Crippen molar-refractivity contribution in [1.82, 2.24) is 4.98 Å². The van der Waals surface area contributed by atoms with Gasteiger partial charge in [0.1, 0.15) is 11.1 Å². The molecule has 0 bridgehead atoms. The minimum Gasteiger partial charge on any atom is -0.504 e. The number of carbonyl (C=O) groups excluding carboxylic acids is 1. The van der Waals surface area contributed by atoms with Gasteiger partial charge in [-0.15, -0.1) is 0 Å². The van der Waals surface area contributed by atoms with Crippen LogP contribution in [0.15, 0.2) is 42.5 Å². The standard InChI is InChI=1S/C20H17NO5/c1-25-19-15(20(24)26-2)9-6-13-5-8-14(21-18(13)19)7-3-12-4-10-16(22)17(23)11-12/h3-11,22-23H,1-2H3/b7-3+. The Labute approximate surface area is 150 Å². The number of pyridine rings is 1. The van der Waals surface area contributed by atoms with Crippen LogP contribution in [0.5, 0.6) is 17.2 Å². The van der Waals surface area contributed by atoms with Gasteiger partial charge in [-0.2, -0.15) is 0 Å². The van der Waals surface area contributed by atoms with Gasteiger partial charge < -0.3 is 19.7 Å². The third-order valence-electron chi connectivity index (χ3n) is 3.89. The zero-order valence-corrected chi connectivity index (χ0v) is 14.3. The maximum absolute atomic E-state index is 11.9. The van der Waals surface area contributed by atoms with Gasteiger partial charge in [-0.1, -0.05) is 24.3 Å². The predicted molar refractivity (Wildman–Crippen MR) is 98.3 cm³/mol. The van der Waals surface area contributed by atoms with E-state index in [4.69, 9.17) is 9.47 Å². The van der Waals surface area contributed by atoms with Crippen molar-refractivity contribution >= 4 is 29.0 Å². The molecule has 0 aliphatic rings. The van der Waals surface area contributed by atoms with E-state index in [0.29, 0.717) is 28.1 Å². The molecule has 0 radical (unpaired) electrons. The predicted octanol–water partition coefficient (Wildman–Crippen LogP) is 3.61. The third-order valence-corrected chi connectivity index (χ3v) is 3.89. The highest BCUT2D eigenvalue weighted by Crippen LogP contribution is 2.30. The fourth-order valence-electron chi connectivity index (χ4n) is 2.57. The van der Waals surface area contributed by atoms with E-state index in [1.54, 1.807) is 30.4 Å². The highest BCUT2D eigenvalue weighted by molar-refractivity contribution is 6.00. The van der Waals surface area contributed by atoms with Crippen molar-refractivity contribution in [1.29, 1.82) is 0 Å². The second kappa shape index (κ2) is 7.14. The number of hydrogen-bond donors (Lipinski definition) is 2. The Kier molecular flexibility index (Phi) is 4.75. The summed E-state index contributed by atoms with van der Waals surface area (Å²) in [7, 11) is 2.79. The number of benzene rings is 2. The van der Waals surface area contributed by atoms with Gasteiger partial charge in [0, 0.05) is 5.39 Å². The topological polar surface area (TPSA) is 88.9 Å². The van der Waals surface area contributed by atoms with Crippen molar-refractivity contribution in [3.8, 4) is 17.2 Å². The van der Waals surface area contributed by atoms with Gasteiger partial charge in [0.05, 0.1) is 19.9 Å². The van der Waals surface area contributed by atoms with E-state index in [2.05, 4.69) is 4.98 Å². The maximum Gasteiger partial charge on any atom is 0.341 e. The number of esters is 1. The van der Waals surface area contributed by atoms with E-state index in [9.17, 15) is 15.0 Å². The van der Waals surface area contributed by atoms with Crippen LogP contribution in [0.1, 0.15) is 21.6 Å². The number of phenols is 2. The first kappa shape index (κ1) is 17.3. The smallest absolute Gasteiger partial charge is 0.341 e. The molecule has 0 spiro atoms. The lowest BCUT2D eigenvalue weighted by Gasteiger charge is -2.10. The molecular formula is C20H17NO5. The summed E-state index contributed by atoms with van der Waals surface area (Å²) in [6.45, 7) is 0. The molecule has 0 fully saturated rings. The van der Waals surface area contributed by atoms with Crippen LogP contribution in [-0.2, 0) is 4.74 Å². The van der Waals surface area contributed by atoms with Crippen molar-refractivity contribution in [3.05, 3.63) is 59.3 Å². The average Bonchev–Trinajstić information content (AvgIpc) is 2.67. The summed E-state index contributed by atoms with van der Waals surface area (Å²) in [6.07, 6.45) is 3.51. The van der Waals surface area contributed by atoms with Crippen molar-refractivity contribution in [2.45, 2.75) is 0 Å². The molecule has 3 rings (SSSR count). The second-order valence-corrected chi connectivity index (χ2v) is 5.53. The Hall–Kier alpha value is -3.54. The molecule has 0 unspecified atom stereocenters. The van der Waals surface area contributed by atoms with E-state index >= 15 is 0 Å². The summed E-state index contributed by atoms with van der Waals surface area (Å²) >= 11 is 0. The largest absolute Gasteiger partial charge is 0.504 e. The van der Waals surface area contributed by atoms with E-state index in [1.165, 1.54) is 26.4 Å². The van der Waals surface area contributed by atoms with Crippen molar-refractivity contribution in [2.24, 2.45) is 0 Å². The van der Waals surface area contributed by atoms with Crippen LogP contribution in [0, 0.1) is 0 Å². The number of carbonyl (C=O) groups is 1. The molecule has 6 nitrogen and oxygen atoms in total. The molecule has 132 valence electrons. The SMILES string of the molecule is COC(=O)c1ccc2ccc(/C=C/c3ccc(O)c(O)c3)nc2c1OC. The van der Waals surface area contributed by atoms with Crippen molar-refractivity contribution in [2.75, 3.05) is 14.2 Å². The lowest BCUT2D eigenvalue weighted by Crippen LogP contribution is -2.05. The number of aromatic hydroxyl groups is 2. The number of ether oxygens (including phenoxy) is 2. The molecule has 0 aliphatic carbocycles. The van der Waals surface area contributed by atoms with Gasteiger partial charge in [0.2, 0.25) is 0 Å². The normalized spacial score (nSPS) is 11.0. The molecule has 0 saturated carbocycles. The number of nitrogens with zero attached hydrogens (tertiary/aromatic N) is 1. The average molecular weight is 351 g/mol. The first-order valence-corrected chi connectivity index (χ1v) is 7.79. The molecule has 6 heteroatoms. The summed E-state index contributed by atoms with van der Waals surface area (Å²) in [5.74, 6) is -0.507. The second-order valence-electron chi connectivity index (χ2n) is 5.53. The Balaban J connectivity index is 2.03. The van der Waals surface area contributed by atoms with Gasteiger partial charge in [-0.05, 0) is 35.9 Å². The van der Waals surface area contributed by atoms with E-state index < -0.39 is 5.97 Å². The molecule has 2 N–H and O–H groups in total. The van der Waals surface area contributed by atoms with E-state index in [0.717, 1.165) is 5.39 Å². The van der Waals surface area contributed by atoms with Crippen LogP contribution >= 0.6 is 0 Å². The molecular weight excluding hydrogens is 334 g/mol. The summed E-state index contributed by atoms with van der Waals surface area (Å²) in [5, 5.41) is 19.7. The molecule has 26 heavy (non-hydrogen) atoms. The lowest BCUT2D eigenvalue weighted by molar-refractivity contribution is 0.0597. The highest BCUT2D eigenvalue weighted by atomic mass is 16.5. The van der Waals surface area contributed by atoms with Gasteiger partial charge in [0.25, 0.3) is 0 Å². The molecule has 1 aromatic heterocycles. The summed E-state index contributed by atoms with van der Waals surface area (Å²) < 4.78 is 10.2. The number of methoxy groups -OCH3 is 2. The number of phenolic OH excluding ortho intramolecular Hbond substituents is 2. The zero-order valence-electron chi connectivity index (χ0n) is 14.3. The van der Waals surface area contributed by atoms with E-state index in [1.807, 2.05) is 12.1 Å². The molecule has 0 amide bonds. The first-order valence-electron chi connectivity index (χ1n) is 7.79. The minimum absolute atomic E-state index is 0.175. The first-order chi connectivity index (χ1) is 12.5. The molecule has 0 atom stereocenters. The molecule has 0 aliphatic heterocycles. The maximum atomic E-state index is 11.9. The number of fused-ring (bicyclic) bond motifs is 1. The van der Waals surface area contributed by atoms with Gasteiger partial charge in [-0.3, -0.25) is 0 Å².